The Kier molecular flexibility index (Phi) is 6.13. The summed E-state index contributed by atoms with van der Waals surface area (Å²) in [5, 5.41) is 2.69. The number of carbonyl (C=O) groups is 1. The molecular weight excluding hydrogens is 380 g/mol. The molecule has 146 valence electrons. The number of carbonyl (C=O) groups excluding carboxylic acids is 1. The van der Waals surface area contributed by atoms with E-state index in [1.54, 1.807) is 54.6 Å². The van der Waals surface area contributed by atoms with Gasteiger partial charge in [0.05, 0.1) is 31.4 Å². The highest BCUT2D eigenvalue weighted by atomic mass is 32.2. The van der Waals surface area contributed by atoms with Gasteiger partial charge >= 0.3 is 0 Å². The van der Waals surface area contributed by atoms with Crippen molar-refractivity contribution in [1.29, 1.82) is 0 Å². The molecule has 0 aliphatic heterocycles. The van der Waals surface area contributed by atoms with E-state index in [1.807, 2.05) is 0 Å². The smallest absolute Gasteiger partial charge is 0.243 e. The zero-order valence-corrected chi connectivity index (χ0v) is 16.1. The Bertz CT molecular complexity index is 1020. The molecule has 0 saturated carbocycles. The first-order valence-corrected chi connectivity index (χ1v) is 9.94. The average Bonchev–Trinajstić information content (AvgIpc) is 3.21. The summed E-state index contributed by atoms with van der Waals surface area (Å²) in [6.07, 6.45) is 1.46. The second-order valence-electron chi connectivity index (χ2n) is 5.95. The van der Waals surface area contributed by atoms with Gasteiger partial charge in [0.15, 0.2) is 0 Å². The van der Waals surface area contributed by atoms with Crippen molar-refractivity contribution in [2.75, 3.05) is 19.0 Å². The first kappa shape index (κ1) is 19.7. The minimum atomic E-state index is -3.89. The lowest BCUT2D eigenvalue weighted by Crippen LogP contribution is -2.37. The number of nitrogens with zero attached hydrogens (tertiary/aromatic N) is 1. The van der Waals surface area contributed by atoms with Gasteiger partial charge in [0.25, 0.3) is 0 Å². The average molecular weight is 400 g/mol. The second kappa shape index (κ2) is 8.73. The molecule has 1 N–H and O–H groups in total. The summed E-state index contributed by atoms with van der Waals surface area (Å²) >= 11 is 0. The Labute approximate surface area is 163 Å². The molecule has 0 aliphatic carbocycles. The fourth-order valence-corrected chi connectivity index (χ4v) is 3.99. The SMILES string of the molecule is COc1cccc(NC(=O)CN(Cc2ccco2)S(=O)(=O)c2ccccc2)c1. The molecule has 7 nitrogen and oxygen atoms in total. The van der Waals surface area contributed by atoms with Gasteiger partial charge in [-0.2, -0.15) is 4.31 Å². The number of benzene rings is 2. The van der Waals surface area contributed by atoms with Gasteiger partial charge in [-0.1, -0.05) is 24.3 Å². The summed E-state index contributed by atoms with van der Waals surface area (Å²) in [5.74, 6) is 0.551. The first-order chi connectivity index (χ1) is 13.5. The number of amides is 1. The zero-order valence-electron chi connectivity index (χ0n) is 15.2. The molecule has 1 amide bonds. The molecule has 0 bridgehead atoms. The third kappa shape index (κ3) is 4.79. The summed E-state index contributed by atoms with van der Waals surface area (Å²) in [4.78, 5) is 12.6. The number of methoxy groups -OCH3 is 1. The normalized spacial score (nSPS) is 11.4. The number of ether oxygens (including phenoxy) is 1. The summed E-state index contributed by atoms with van der Waals surface area (Å²) in [6, 6.07) is 18.1. The number of furan rings is 1. The van der Waals surface area contributed by atoms with Gasteiger partial charge in [-0.15, -0.1) is 0 Å². The van der Waals surface area contributed by atoms with Gasteiger partial charge in [0, 0.05) is 11.8 Å². The lowest BCUT2D eigenvalue weighted by atomic mass is 10.3. The van der Waals surface area contributed by atoms with Crippen LogP contribution in [0.5, 0.6) is 5.75 Å². The quantitative estimate of drug-likeness (QED) is 0.628. The van der Waals surface area contributed by atoms with Crippen molar-refractivity contribution in [3.63, 3.8) is 0 Å². The van der Waals surface area contributed by atoms with E-state index in [2.05, 4.69) is 5.32 Å². The molecule has 0 unspecified atom stereocenters. The molecule has 0 radical (unpaired) electrons. The van der Waals surface area contributed by atoms with Crippen LogP contribution in [0.15, 0.2) is 82.3 Å². The van der Waals surface area contributed by atoms with Crippen LogP contribution in [0.25, 0.3) is 0 Å². The van der Waals surface area contributed by atoms with Crippen molar-refractivity contribution >= 4 is 21.6 Å². The lowest BCUT2D eigenvalue weighted by molar-refractivity contribution is -0.116. The molecule has 2 aromatic carbocycles. The minimum absolute atomic E-state index is 0.0598. The van der Waals surface area contributed by atoms with Gasteiger partial charge in [-0.3, -0.25) is 4.79 Å². The van der Waals surface area contributed by atoms with Crippen molar-refractivity contribution < 1.29 is 22.4 Å². The number of nitrogens with one attached hydrogen (secondary N) is 1. The standard InChI is InChI=1S/C20H20N2O5S/c1-26-17-8-5-7-16(13-17)21-20(23)15-22(14-18-9-6-12-27-18)28(24,25)19-10-3-2-4-11-19/h2-13H,14-15H2,1H3,(H,21,23). The van der Waals surface area contributed by atoms with Crippen LogP contribution in [0.4, 0.5) is 5.69 Å². The Hall–Kier alpha value is -3.10. The summed E-state index contributed by atoms with van der Waals surface area (Å²) in [7, 11) is -2.36. The van der Waals surface area contributed by atoms with Crippen molar-refractivity contribution in [3.05, 3.63) is 78.8 Å². The number of hydrogen-bond donors (Lipinski definition) is 1. The van der Waals surface area contributed by atoms with E-state index in [0.717, 1.165) is 4.31 Å². The molecule has 0 spiro atoms. The molecular formula is C20H20N2O5S. The van der Waals surface area contributed by atoms with Crippen LogP contribution < -0.4 is 10.1 Å². The third-order valence-corrected chi connectivity index (χ3v) is 5.77. The zero-order chi connectivity index (χ0) is 20.0. The second-order valence-corrected chi connectivity index (χ2v) is 7.88. The van der Waals surface area contributed by atoms with Crippen molar-refractivity contribution in [3.8, 4) is 5.75 Å². The van der Waals surface area contributed by atoms with E-state index in [1.165, 1.54) is 25.5 Å². The van der Waals surface area contributed by atoms with E-state index in [4.69, 9.17) is 9.15 Å². The van der Waals surface area contributed by atoms with E-state index in [9.17, 15) is 13.2 Å². The molecule has 3 rings (SSSR count). The van der Waals surface area contributed by atoms with E-state index in [-0.39, 0.29) is 18.0 Å². The van der Waals surface area contributed by atoms with Crippen LogP contribution in [0.2, 0.25) is 0 Å². The predicted molar refractivity (Wildman–Crippen MR) is 104 cm³/mol. The Morgan fingerprint density at radius 1 is 1.07 bits per heavy atom. The van der Waals surface area contributed by atoms with E-state index >= 15 is 0 Å². The minimum Gasteiger partial charge on any atom is -0.497 e. The highest BCUT2D eigenvalue weighted by molar-refractivity contribution is 7.89. The Balaban J connectivity index is 1.81. The van der Waals surface area contributed by atoms with Crippen molar-refractivity contribution in [1.82, 2.24) is 4.31 Å². The maximum absolute atomic E-state index is 13.0. The fraction of sp³-hybridized carbons (Fsp3) is 0.150. The van der Waals surface area contributed by atoms with Crippen LogP contribution in [0.3, 0.4) is 0 Å². The lowest BCUT2D eigenvalue weighted by Gasteiger charge is -2.21. The molecule has 28 heavy (non-hydrogen) atoms. The molecule has 3 aromatic rings. The van der Waals surface area contributed by atoms with Gasteiger partial charge in [-0.25, -0.2) is 8.42 Å². The molecule has 1 aromatic heterocycles. The summed E-state index contributed by atoms with van der Waals surface area (Å²) < 4.78 is 37.5. The number of sulfonamides is 1. The summed E-state index contributed by atoms with van der Waals surface area (Å²) in [5.41, 5.74) is 0.513. The predicted octanol–water partition coefficient (Wildman–Crippen LogP) is 3.12. The van der Waals surface area contributed by atoms with Gasteiger partial charge in [0.2, 0.25) is 15.9 Å². The molecule has 1 heterocycles. The van der Waals surface area contributed by atoms with Gasteiger partial charge < -0.3 is 14.5 Å². The number of hydrogen-bond acceptors (Lipinski definition) is 5. The van der Waals surface area contributed by atoms with E-state index < -0.39 is 15.9 Å². The van der Waals surface area contributed by atoms with Gasteiger partial charge in [0.1, 0.15) is 11.5 Å². The molecule has 0 saturated heterocycles. The maximum atomic E-state index is 13.0. The Morgan fingerprint density at radius 3 is 2.54 bits per heavy atom. The number of rotatable bonds is 8. The third-order valence-electron chi connectivity index (χ3n) is 3.97. The summed E-state index contributed by atoms with van der Waals surface area (Å²) in [6.45, 7) is -0.426. The maximum Gasteiger partial charge on any atom is 0.243 e. The van der Waals surface area contributed by atoms with Crippen LogP contribution in [-0.2, 0) is 21.4 Å². The number of anilines is 1. The Morgan fingerprint density at radius 2 is 1.86 bits per heavy atom. The fourth-order valence-electron chi connectivity index (χ4n) is 2.61. The van der Waals surface area contributed by atoms with Crippen LogP contribution in [-0.4, -0.2) is 32.3 Å². The topological polar surface area (TPSA) is 88.8 Å². The molecule has 0 aliphatic rings. The van der Waals surface area contributed by atoms with Crippen LogP contribution >= 0.6 is 0 Å². The molecule has 8 heteroatoms. The monoisotopic (exact) mass is 400 g/mol. The highest BCUT2D eigenvalue weighted by Gasteiger charge is 2.27. The van der Waals surface area contributed by atoms with Crippen LogP contribution in [0.1, 0.15) is 5.76 Å². The van der Waals surface area contributed by atoms with Crippen molar-refractivity contribution in [2.24, 2.45) is 0 Å². The largest absolute Gasteiger partial charge is 0.497 e. The highest BCUT2D eigenvalue weighted by Crippen LogP contribution is 2.20. The van der Waals surface area contributed by atoms with Crippen LogP contribution in [0, 0.1) is 0 Å². The molecule has 0 atom stereocenters. The van der Waals surface area contributed by atoms with Gasteiger partial charge in [-0.05, 0) is 36.4 Å². The van der Waals surface area contributed by atoms with Crippen molar-refractivity contribution in [2.45, 2.75) is 11.4 Å². The van der Waals surface area contributed by atoms with E-state index in [0.29, 0.717) is 17.2 Å². The molecule has 0 fully saturated rings. The first-order valence-electron chi connectivity index (χ1n) is 8.50.